The molecule has 4 aliphatic rings. The van der Waals surface area contributed by atoms with E-state index in [0.717, 1.165) is 32.6 Å². The molecule has 4 bridgehead atoms. The molecule has 0 unspecified atom stereocenters. The van der Waals surface area contributed by atoms with Crippen molar-refractivity contribution < 1.29 is 9.84 Å². The van der Waals surface area contributed by atoms with E-state index in [1.54, 1.807) is 7.11 Å². The maximum absolute atomic E-state index is 9.98. The molecule has 0 spiro atoms. The van der Waals surface area contributed by atoms with Gasteiger partial charge in [-0.3, -0.25) is 4.99 Å². The number of rotatable bonds is 4. The van der Waals surface area contributed by atoms with E-state index < -0.39 is 0 Å². The van der Waals surface area contributed by atoms with Gasteiger partial charge in [0.2, 0.25) is 0 Å². The number of ether oxygens (including phenoxy) is 1. The SMILES string of the molecule is COc1cc(C=Nc2ccc(C34CC5CC(CC(C5)C3)C4)cc2)cc(I)c1O. The molecule has 4 saturated carbocycles. The highest BCUT2D eigenvalue weighted by molar-refractivity contribution is 14.1. The Kier molecular flexibility index (Phi) is 4.65. The highest BCUT2D eigenvalue weighted by Gasteiger charge is 2.51. The topological polar surface area (TPSA) is 41.8 Å². The van der Waals surface area contributed by atoms with Crippen LogP contribution in [0.5, 0.6) is 11.5 Å². The van der Waals surface area contributed by atoms with Crippen molar-refractivity contribution in [3.8, 4) is 11.5 Å². The van der Waals surface area contributed by atoms with Gasteiger partial charge >= 0.3 is 0 Å². The number of halogens is 1. The van der Waals surface area contributed by atoms with E-state index in [1.807, 2.05) is 18.3 Å². The molecule has 0 aliphatic heterocycles. The summed E-state index contributed by atoms with van der Waals surface area (Å²) in [5.41, 5.74) is 3.86. The number of methoxy groups -OCH3 is 1. The molecule has 2 aromatic rings. The summed E-state index contributed by atoms with van der Waals surface area (Å²) in [5.74, 6) is 3.56. The fourth-order valence-electron chi connectivity index (χ4n) is 6.34. The van der Waals surface area contributed by atoms with Gasteiger partial charge in [-0.05, 0) is 120 Å². The molecule has 0 heterocycles. The molecule has 0 aromatic heterocycles. The van der Waals surface area contributed by atoms with Crippen molar-refractivity contribution in [2.75, 3.05) is 7.11 Å². The van der Waals surface area contributed by atoms with Crippen molar-refractivity contribution in [1.82, 2.24) is 0 Å². The first-order chi connectivity index (χ1) is 13.5. The minimum Gasteiger partial charge on any atom is -0.504 e. The van der Waals surface area contributed by atoms with Crippen molar-refractivity contribution in [3.05, 3.63) is 51.1 Å². The minimum absolute atomic E-state index is 0.181. The second kappa shape index (κ2) is 7.05. The third-order valence-corrected chi connectivity index (χ3v) is 7.97. The molecule has 0 atom stereocenters. The predicted octanol–water partition coefficient (Wildman–Crippen LogP) is 6.22. The molecule has 4 heteroatoms. The molecule has 146 valence electrons. The van der Waals surface area contributed by atoms with Gasteiger partial charge in [-0.15, -0.1) is 0 Å². The van der Waals surface area contributed by atoms with Gasteiger partial charge in [0.25, 0.3) is 0 Å². The third kappa shape index (κ3) is 3.23. The molecule has 1 N–H and O–H groups in total. The second-order valence-corrected chi connectivity index (χ2v) is 10.2. The zero-order valence-electron chi connectivity index (χ0n) is 16.2. The van der Waals surface area contributed by atoms with Crippen LogP contribution in [0.2, 0.25) is 0 Å². The van der Waals surface area contributed by atoms with Crippen LogP contribution in [0.25, 0.3) is 0 Å². The van der Waals surface area contributed by atoms with Gasteiger partial charge in [-0.1, -0.05) is 12.1 Å². The average Bonchev–Trinajstić information content (AvgIpc) is 2.68. The molecule has 6 rings (SSSR count). The van der Waals surface area contributed by atoms with E-state index in [2.05, 4.69) is 51.8 Å². The Hall–Kier alpha value is -1.56. The monoisotopic (exact) mass is 487 g/mol. The summed E-state index contributed by atoms with van der Waals surface area (Å²) in [6.45, 7) is 0. The van der Waals surface area contributed by atoms with Gasteiger partial charge in [0.05, 0.1) is 16.4 Å². The Morgan fingerprint density at radius 1 is 1.04 bits per heavy atom. The van der Waals surface area contributed by atoms with Gasteiger partial charge in [-0.25, -0.2) is 0 Å². The molecule has 0 radical (unpaired) electrons. The predicted molar refractivity (Wildman–Crippen MR) is 121 cm³/mol. The number of benzene rings is 2. The largest absolute Gasteiger partial charge is 0.504 e. The Balaban J connectivity index is 1.36. The smallest absolute Gasteiger partial charge is 0.171 e. The van der Waals surface area contributed by atoms with Gasteiger partial charge in [0.15, 0.2) is 11.5 Å². The first-order valence-electron chi connectivity index (χ1n) is 10.3. The standard InChI is InChI=1S/C24H26INO2/c1-28-22-10-18(9-21(25)23(22)27)14-26-20-4-2-19(3-5-20)24-11-15-6-16(12-24)8-17(7-15)13-24/h2-5,9-10,14-17,27H,6-8,11-13H2,1H3. The fourth-order valence-corrected chi connectivity index (χ4v) is 6.96. The van der Waals surface area contributed by atoms with Crippen LogP contribution >= 0.6 is 22.6 Å². The van der Waals surface area contributed by atoms with Crippen LogP contribution in [0.15, 0.2) is 41.4 Å². The zero-order chi connectivity index (χ0) is 19.3. The number of hydrogen-bond acceptors (Lipinski definition) is 3. The molecule has 0 amide bonds. The summed E-state index contributed by atoms with van der Waals surface area (Å²) in [4.78, 5) is 4.64. The number of aliphatic imine (C=N–C) groups is 1. The molecular formula is C24H26INO2. The van der Waals surface area contributed by atoms with Crippen LogP contribution < -0.4 is 4.74 Å². The summed E-state index contributed by atoms with van der Waals surface area (Å²) in [6.07, 6.45) is 10.5. The summed E-state index contributed by atoms with van der Waals surface area (Å²) in [5, 5.41) is 9.98. The minimum atomic E-state index is 0.181. The van der Waals surface area contributed by atoms with Gasteiger partial charge < -0.3 is 9.84 Å². The molecule has 4 fully saturated rings. The van der Waals surface area contributed by atoms with Crippen molar-refractivity contribution in [2.24, 2.45) is 22.7 Å². The quantitative estimate of drug-likeness (QED) is 0.411. The molecule has 28 heavy (non-hydrogen) atoms. The second-order valence-electron chi connectivity index (χ2n) is 9.06. The highest BCUT2D eigenvalue weighted by Crippen LogP contribution is 2.60. The van der Waals surface area contributed by atoms with Gasteiger partial charge in [0, 0.05) is 6.21 Å². The number of hydrogen-bond donors (Lipinski definition) is 1. The van der Waals surface area contributed by atoms with Crippen molar-refractivity contribution in [1.29, 1.82) is 0 Å². The fraction of sp³-hybridized carbons (Fsp3) is 0.458. The van der Waals surface area contributed by atoms with Gasteiger partial charge in [0.1, 0.15) is 0 Å². The number of phenols is 1. The van der Waals surface area contributed by atoms with Crippen LogP contribution in [0.1, 0.15) is 49.7 Å². The maximum atomic E-state index is 9.98. The molecular weight excluding hydrogens is 461 g/mol. The maximum Gasteiger partial charge on any atom is 0.171 e. The lowest BCUT2D eigenvalue weighted by Crippen LogP contribution is -2.48. The van der Waals surface area contributed by atoms with E-state index in [9.17, 15) is 5.11 Å². The normalized spacial score (nSPS) is 30.9. The Bertz CT molecular complexity index is 884. The Morgan fingerprint density at radius 3 is 2.21 bits per heavy atom. The van der Waals surface area contributed by atoms with E-state index in [-0.39, 0.29) is 5.75 Å². The first kappa shape index (κ1) is 18.5. The highest BCUT2D eigenvalue weighted by atomic mass is 127. The Labute approximate surface area is 180 Å². The molecule has 4 aliphatic carbocycles. The summed E-state index contributed by atoms with van der Waals surface area (Å²) in [6, 6.07) is 12.7. The average molecular weight is 487 g/mol. The zero-order valence-corrected chi connectivity index (χ0v) is 18.4. The van der Waals surface area contributed by atoms with Crippen molar-refractivity contribution >= 4 is 34.5 Å². The number of nitrogens with zero attached hydrogens (tertiary/aromatic N) is 1. The van der Waals surface area contributed by atoms with Crippen LogP contribution in [0.4, 0.5) is 5.69 Å². The molecule has 0 saturated heterocycles. The van der Waals surface area contributed by atoms with E-state index in [0.29, 0.717) is 11.2 Å². The van der Waals surface area contributed by atoms with Crippen LogP contribution in [0, 0.1) is 21.3 Å². The lowest BCUT2D eigenvalue weighted by atomic mass is 9.48. The summed E-state index contributed by atoms with van der Waals surface area (Å²) < 4.78 is 5.99. The third-order valence-electron chi connectivity index (χ3n) is 7.15. The van der Waals surface area contributed by atoms with E-state index in [4.69, 9.17) is 4.74 Å². The lowest BCUT2D eigenvalue weighted by Gasteiger charge is -2.57. The van der Waals surface area contributed by atoms with E-state index >= 15 is 0 Å². The lowest BCUT2D eigenvalue weighted by molar-refractivity contribution is -0.00518. The number of phenolic OH excluding ortho intramolecular Hbond substituents is 1. The van der Waals surface area contributed by atoms with E-state index in [1.165, 1.54) is 44.1 Å². The van der Waals surface area contributed by atoms with Crippen molar-refractivity contribution in [3.63, 3.8) is 0 Å². The summed E-state index contributed by atoms with van der Waals surface area (Å²) >= 11 is 2.11. The van der Waals surface area contributed by atoms with Crippen LogP contribution in [-0.4, -0.2) is 18.4 Å². The molecule has 3 nitrogen and oxygen atoms in total. The van der Waals surface area contributed by atoms with Crippen molar-refractivity contribution in [2.45, 2.75) is 43.9 Å². The summed E-state index contributed by atoms with van der Waals surface area (Å²) in [7, 11) is 1.56. The first-order valence-corrected chi connectivity index (χ1v) is 11.3. The van der Waals surface area contributed by atoms with Crippen LogP contribution in [0.3, 0.4) is 0 Å². The van der Waals surface area contributed by atoms with Gasteiger partial charge in [-0.2, -0.15) is 0 Å². The molecule has 2 aromatic carbocycles. The van der Waals surface area contributed by atoms with Crippen LogP contribution in [-0.2, 0) is 5.41 Å². The number of aromatic hydroxyl groups is 1. The Morgan fingerprint density at radius 2 is 1.64 bits per heavy atom.